The van der Waals surface area contributed by atoms with Gasteiger partial charge < -0.3 is 11.1 Å². The van der Waals surface area contributed by atoms with Crippen LogP contribution in [0.2, 0.25) is 0 Å². The molecule has 0 radical (unpaired) electrons. The highest BCUT2D eigenvalue weighted by Crippen LogP contribution is 2.35. The van der Waals surface area contributed by atoms with Crippen molar-refractivity contribution in [3.05, 3.63) is 57.6 Å². The first-order valence-electron chi connectivity index (χ1n) is 6.09. The van der Waals surface area contributed by atoms with Gasteiger partial charge in [-0.1, -0.05) is 22.0 Å². The van der Waals surface area contributed by atoms with Gasteiger partial charge in [0.05, 0.1) is 11.1 Å². The maximum atomic E-state index is 13.8. The fourth-order valence-electron chi connectivity index (χ4n) is 2.02. The van der Waals surface area contributed by atoms with Gasteiger partial charge in [0.15, 0.2) is 0 Å². The number of fused-ring (bicyclic) bond motifs is 1. The van der Waals surface area contributed by atoms with Gasteiger partial charge in [-0.05, 0) is 36.4 Å². The molecular formula is C15H10BrFN2OS. The number of carbonyl (C=O) groups is 1. The van der Waals surface area contributed by atoms with E-state index >= 15 is 0 Å². The number of hydrogen-bond acceptors (Lipinski definition) is 3. The first kappa shape index (κ1) is 14.0. The summed E-state index contributed by atoms with van der Waals surface area (Å²) in [4.78, 5) is 12.6. The Morgan fingerprint density at radius 3 is 2.57 bits per heavy atom. The van der Waals surface area contributed by atoms with Crippen LogP contribution in [-0.4, -0.2) is 5.91 Å². The van der Waals surface area contributed by atoms with E-state index in [9.17, 15) is 9.18 Å². The fraction of sp³-hybridized carbons (Fsp3) is 0. The van der Waals surface area contributed by atoms with Crippen molar-refractivity contribution in [1.29, 1.82) is 0 Å². The summed E-state index contributed by atoms with van der Waals surface area (Å²) in [6.45, 7) is 0. The van der Waals surface area contributed by atoms with Crippen LogP contribution in [0.15, 0.2) is 46.9 Å². The van der Waals surface area contributed by atoms with E-state index < -0.39 is 5.82 Å². The smallest absolute Gasteiger partial charge is 0.267 e. The standard InChI is InChI=1S/C15H10BrFN2OS/c16-8-4-6-9(7-5-8)19-15(20)14-13(18)12-10(17)2-1-3-11(12)21-14/h1-7H,18H2,(H,19,20). The van der Waals surface area contributed by atoms with Gasteiger partial charge >= 0.3 is 0 Å². The number of nitrogen functional groups attached to an aromatic ring is 1. The summed E-state index contributed by atoms with van der Waals surface area (Å²) in [5.74, 6) is -0.751. The lowest BCUT2D eigenvalue weighted by atomic mass is 10.2. The second kappa shape index (κ2) is 5.46. The Morgan fingerprint density at radius 1 is 1.19 bits per heavy atom. The minimum absolute atomic E-state index is 0.183. The van der Waals surface area contributed by atoms with Crippen molar-refractivity contribution in [1.82, 2.24) is 0 Å². The lowest BCUT2D eigenvalue weighted by Gasteiger charge is -2.04. The predicted octanol–water partition coefficient (Wildman–Crippen LogP) is 4.64. The predicted molar refractivity (Wildman–Crippen MR) is 88.3 cm³/mol. The second-order valence-electron chi connectivity index (χ2n) is 4.42. The molecule has 2 aromatic carbocycles. The zero-order valence-electron chi connectivity index (χ0n) is 10.7. The van der Waals surface area contributed by atoms with Gasteiger partial charge in [-0.2, -0.15) is 0 Å². The van der Waals surface area contributed by atoms with Gasteiger partial charge in [-0.3, -0.25) is 4.79 Å². The Labute approximate surface area is 132 Å². The van der Waals surface area contributed by atoms with Crippen LogP contribution in [0.3, 0.4) is 0 Å². The third-order valence-electron chi connectivity index (χ3n) is 3.01. The minimum Gasteiger partial charge on any atom is -0.397 e. The Bertz CT molecular complexity index is 830. The Hall–Kier alpha value is -1.92. The molecule has 3 rings (SSSR count). The molecule has 1 aromatic heterocycles. The van der Waals surface area contributed by atoms with Crippen LogP contribution in [0, 0.1) is 5.82 Å². The van der Waals surface area contributed by atoms with E-state index in [0.29, 0.717) is 20.7 Å². The molecule has 0 saturated heterocycles. The normalized spacial score (nSPS) is 10.8. The molecule has 0 aliphatic heterocycles. The molecule has 21 heavy (non-hydrogen) atoms. The first-order valence-corrected chi connectivity index (χ1v) is 7.70. The molecule has 0 saturated carbocycles. The summed E-state index contributed by atoms with van der Waals surface area (Å²) in [5.41, 5.74) is 6.76. The van der Waals surface area contributed by atoms with E-state index in [1.54, 1.807) is 24.3 Å². The maximum absolute atomic E-state index is 13.8. The third kappa shape index (κ3) is 2.64. The Morgan fingerprint density at radius 2 is 1.90 bits per heavy atom. The van der Waals surface area contributed by atoms with Gasteiger partial charge in [0, 0.05) is 14.9 Å². The molecule has 6 heteroatoms. The fourth-order valence-corrected chi connectivity index (χ4v) is 3.32. The van der Waals surface area contributed by atoms with Gasteiger partial charge in [-0.25, -0.2) is 4.39 Å². The molecule has 0 atom stereocenters. The lowest BCUT2D eigenvalue weighted by molar-refractivity contribution is 0.103. The van der Waals surface area contributed by atoms with Crippen molar-refractivity contribution in [2.24, 2.45) is 0 Å². The van der Waals surface area contributed by atoms with Crippen molar-refractivity contribution in [3.8, 4) is 0 Å². The number of carbonyl (C=O) groups excluding carboxylic acids is 1. The molecule has 1 heterocycles. The van der Waals surface area contributed by atoms with Gasteiger partial charge in [0.1, 0.15) is 10.7 Å². The highest BCUT2D eigenvalue weighted by atomic mass is 79.9. The van der Waals surface area contributed by atoms with E-state index in [-0.39, 0.29) is 11.6 Å². The number of anilines is 2. The summed E-state index contributed by atoms with van der Waals surface area (Å²) >= 11 is 4.51. The molecule has 0 spiro atoms. The lowest BCUT2D eigenvalue weighted by Crippen LogP contribution is -2.11. The molecule has 0 fully saturated rings. The van der Waals surface area contributed by atoms with Crippen LogP contribution in [-0.2, 0) is 0 Å². The van der Waals surface area contributed by atoms with Gasteiger partial charge in [-0.15, -0.1) is 11.3 Å². The molecule has 3 N–H and O–H groups in total. The summed E-state index contributed by atoms with van der Waals surface area (Å²) in [5, 5.41) is 3.06. The van der Waals surface area contributed by atoms with Crippen LogP contribution in [0.4, 0.5) is 15.8 Å². The molecule has 0 unspecified atom stereocenters. The number of nitrogens with two attached hydrogens (primary N) is 1. The molecule has 106 valence electrons. The summed E-state index contributed by atoms with van der Waals surface area (Å²) in [6, 6.07) is 11.9. The topological polar surface area (TPSA) is 55.1 Å². The number of amides is 1. The van der Waals surface area contributed by atoms with Gasteiger partial charge in [0.25, 0.3) is 5.91 Å². The summed E-state index contributed by atoms with van der Waals surface area (Å²) in [6.07, 6.45) is 0. The number of halogens is 2. The Kier molecular flexibility index (Phi) is 3.65. The van der Waals surface area contributed by atoms with Crippen LogP contribution in [0.5, 0.6) is 0 Å². The number of thiophene rings is 1. The zero-order chi connectivity index (χ0) is 15.0. The molecule has 0 bridgehead atoms. The van der Waals surface area contributed by atoms with E-state index in [2.05, 4.69) is 21.2 Å². The second-order valence-corrected chi connectivity index (χ2v) is 6.39. The van der Waals surface area contributed by atoms with E-state index in [4.69, 9.17) is 5.73 Å². The van der Waals surface area contributed by atoms with Crippen molar-refractivity contribution in [3.63, 3.8) is 0 Å². The Balaban J connectivity index is 1.96. The van der Waals surface area contributed by atoms with E-state index in [0.717, 1.165) is 4.47 Å². The number of benzene rings is 2. The highest BCUT2D eigenvalue weighted by molar-refractivity contribution is 9.10. The zero-order valence-corrected chi connectivity index (χ0v) is 13.1. The molecule has 1 amide bonds. The van der Waals surface area contributed by atoms with Crippen molar-refractivity contribution in [2.45, 2.75) is 0 Å². The first-order chi connectivity index (χ1) is 10.1. The van der Waals surface area contributed by atoms with Crippen LogP contribution >= 0.6 is 27.3 Å². The third-order valence-corrected chi connectivity index (χ3v) is 4.71. The van der Waals surface area contributed by atoms with Crippen LogP contribution in [0.25, 0.3) is 10.1 Å². The maximum Gasteiger partial charge on any atom is 0.267 e. The summed E-state index contributed by atoms with van der Waals surface area (Å²) < 4.78 is 15.4. The van der Waals surface area contributed by atoms with Crippen molar-refractivity contribution >= 4 is 54.6 Å². The molecule has 3 nitrogen and oxygen atoms in total. The van der Waals surface area contributed by atoms with Gasteiger partial charge in [0.2, 0.25) is 0 Å². The highest BCUT2D eigenvalue weighted by Gasteiger charge is 2.18. The van der Waals surface area contributed by atoms with E-state index in [1.165, 1.54) is 17.4 Å². The summed E-state index contributed by atoms with van der Waals surface area (Å²) in [7, 11) is 0. The number of rotatable bonds is 2. The molecule has 0 aliphatic carbocycles. The number of nitrogens with one attached hydrogen (secondary N) is 1. The van der Waals surface area contributed by atoms with Crippen molar-refractivity contribution < 1.29 is 9.18 Å². The van der Waals surface area contributed by atoms with Crippen LogP contribution < -0.4 is 11.1 Å². The minimum atomic E-state index is -0.413. The average Bonchev–Trinajstić information content (AvgIpc) is 2.80. The quantitative estimate of drug-likeness (QED) is 0.695. The number of hydrogen-bond donors (Lipinski definition) is 2. The SMILES string of the molecule is Nc1c(C(=O)Nc2ccc(Br)cc2)sc2cccc(F)c12. The molecule has 3 aromatic rings. The van der Waals surface area contributed by atoms with Crippen LogP contribution in [0.1, 0.15) is 9.67 Å². The molecule has 0 aliphatic rings. The van der Waals surface area contributed by atoms with Crippen molar-refractivity contribution in [2.75, 3.05) is 11.1 Å². The monoisotopic (exact) mass is 364 g/mol. The average molecular weight is 365 g/mol. The largest absolute Gasteiger partial charge is 0.397 e. The van der Waals surface area contributed by atoms with E-state index in [1.807, 2.05) is 12.1 Å². The molecular weight excluding hydrogens is 355 g/mol.